The van der Waals surface area contributed by atoms with Crippen LogP contribution in [0.15, 0.2) is 0 Å². The average Bonchev–Trinajstić information content (AvgIpc) is 2.32. The van der Waals surface area contributed by atoms with Crippen molar-refractivity contribution in [3.63, 3.8) is 0 Å². The van der Waals surface area contributed by atoms with Crippen LogP contribution in [-0.2, 0) is 0 Å². The van der Waals surface area contributed by atoms with Gasteiger partial charge in [-0.15, -0.1) is 0 Å². The van der Waals surface area contributed by atoms with Gasteiger partial charge in [0.15, 0.2) is 0 Å². The largest absolute Gasteiger partial charge is 0.630 e. The molecule has 0 amide bonds. The predicted molar refractivity (Wildman–Crippen MR) is 47.0 cm³/mol. The third kappa shape index (κ3) is 1.09. The highest BCUT2D eigenvalue weighted by molar-refractivity contribution is 8.01. The zero-order chi connectivity index (χ0) is 7.95. The lowest BCUT2D eigenvalue weighted by Crippen LogP contribution is -2.67. The molecule has 11 heavy (non-hydrogen) atoms. The summed E-state index contributed by atoms with van der Waals surface area (Å²) in [6.07, 6.45) is 1.01. The van der Waals surface area contributed by atoms with Crippen LogP contribution in [0.5, 0.6) is 0 Å². The van der Waals surface area contributed by atoms with Gasteiger partial charge in [0.2, 0.25) is 0 Å². The molecule has 1 N–H and O–H groups in total. The molecule has 0 aromatic heterocycles. The number of quaternary nitrogens is 1. The number of nitrogens with zero attached hydrogens (tertiary/aromatic N) is 1. The Morgan fingerprint density at radius 1 is 1.55 bits per heavy atom. The van der Waals surface area contributed by atoms with Crippen LogP contribution in [0.25, 0.3) is 0 Å². The number of hydrogen-bond acceptors (Lipinski definition) is 3. The average molecular weight is 195 g/mol. The van der Waals surface area contributed by atoms with Crippen molar-refractivity contribution in [3.8, 4) is 0 Å². The van der Waals surface area contributed by atoms with Gasteiger partial charge in [0.05, 0.1) is 13.1 Å². The fraction of sp³-hybridized carbons (Fsp3) is 1.00. The van der Waals surface area contributed by atoms with Crippen LogP contribution in [0.3, 0.4) is 0 Å². The molecule has 2 fully saturated rings. The number of thioether (sulfide) groups is 1. The number of halogens is 1. The summed E-state index contributed by atoms with van der Waals surface area (Å²) >= 11 is 7.67. The molecule has 0 bridgehead atoms. The van der Waals surface area contributed by atoms with Gasteiger partial charge in [-0.2, -0.15) is 0 Å². The van der Waals surface area contributed by atoms with Gasteiger partial charge in [-0.05, 0) is 11.6 Å². The van der Waals surface area contributed by atoms with E-state index < -0.39 is 4.45 Å². The van der Waals surface area contributed by atoms with Gasteiger partial charge >= 0.3 is 0 Å². The molecule has 3 nitrogen and oxygen atoms in total. The molecule has 0 radical (unpaired) electrons. The van der Waals surface area contributed by atoms with Crippen molar-refractivity contribution >= 4 is 23.4 Å². The quantitative estimate of drug-likeness (QED) is 0.292. The van der Waals surface area contributed by atoms with Crippen molar-refractivity contribution in [3.05, 3.63) is 5.21 Å². The molecule has 0 saturated carbocycles. The summed E-state index contributed by atoms with van der Waals surface area (Å²) in [5.74, 6) is 0.950. The van der Waals surface area contributed by atoms with Crippen LogP contribution in [0.2, 0.25) is 0 Å². The minimum absolute atomic E-state index is 0.251. The second-order valence-electron chi connectivity index (χ2n) is 3.03. The molecule has 1 atom stereocenters. The first kappa shape index (κ1) is 8.13. The van der Waals surface area contributed by atoms with Gasteiger partial charge in [-0.25, -0.2) is 5.32 Å². The highest BCUT2D eigenvalue weighted by Crippen LogP contribution is 2.43. The monoisotopic (exact) mass is 194 g/mol. The summed E-state index contributed by atoms with van der Waals surface area (Å²) in [6.45, 7) is 2.20. The fourth-order valence-electron chi connectivity index (χ4n) is 1.44. The number of nitrogens with one attached hydrogen (secondary N) is 1. The lowest BCUT2D eigenvalue weighted by Gasteiger charge is -2.56. The van der Waals surface area contributed by atoms with E-state index >= 15 is 0 Å². The third-order valence-corrected chi connectivity index (χ3v) is 4.34. The Balaban J connectivity index is 2.11. The molecule has 2 aliphatic rings. The molecule has 64 valence electrons. The Morgan fingerprint density at radius 3 is 2.64 bits per heavy atom. The van der Waals surface area contributed by atoms with Gasteiger partial charge in [-0.1, -0.05) is 11.8 Å². The lowest BCUT2D eigenvalue weighted by molar-refractivity contribution is -0.940. The molecule has 0 aromatic rings. The van der Waals surface area contributed by atoms with Crippen LogP contribution in [0, 0.1) is 5.21 Å². The lowest BCUT2D eigenvalue weighted by atomic mass is 10.2. The van der Waals surface area contributed by atoms with Crippen molar-refractivity contribution in [1.29, 1.82) is 0 Å². The summed E-state index contributed by atoms with van der Waals surface area (Å²) < 4.78 is -1.00. The first-order valence-corrected chi connectivity index (χ1v) is 5.19. The van der Waals surface area contributed by atoms with E-state index in [-0.39, 0.29) is 4.65 Å². The molecule has 2 saturated heterocycles. The van der Waals surface area contributed by atoms with Crippen molar-refractivity contribution in [2.24, 2.45) is 0 Å². The van der Waals surface area contributed by atoms with Crippen LogP contribution in [0.1, 0.15) is 6.42 Å². The predicted octanol–water partition coefficient (Wildman–Crippen LogP) is 0.891. The molecular formula is C6H11ClN2OS. The van der Waals surface area contributed by atoms with E-state index in [4.69, 9.17) is 11.6 Å². The van der Waals surface area contributed by atoms with Gasteiger partial charge in [0.1, 0.15) is 0 Å². The van der Waals surface area contributed by atoms with Gasteiger partial charge in [0, 0.05) is 18.7 Å². The molecule has 0 aliphatic carbocycles. The van der Waals surface area contributed by atoms with E-state index in [1.165, 1.54) is 0 Å². The number of hydroxylamine groups is 3. The number of rotatable bonds is 1. The van der Waals surface area contributed by atoms with Crippen molar-refractivity contribution in [2.75, 3.05) is 25.4 Å². The highest BCUT2D eigenvalue weighted by atomic mass is 35.5. The van der Waals surface area contributed by atoms with E-state index in [1.54, 1.807) is 11.8 Å². The molecule has 1 unspecified atom stereocenters. The summed E-state index contributed by atoms with van der Waals surface area (Å²) in [5.41, 5.74) is 0. The Hall–Kier alpha value is 0.520. The van der Waals surface area contributed by atoms with E-state index in [2.05, 4.69) is 5.32 Å². The minimum Gasteiger partial charge on any atom is -0.630 e. The van der Waals surface area contributed by atoms with Crippen LogP contribution in [-0.4, -0.2) is 34.5 Å². The van der Waals surface area contributed by atoms with Gasteiger partial charge in [-0.3, -0.25) is 0 Å². The maximum Gasteiger partial charge on any atom is 0.280 e. The van der Waals surface area contributed by atoms with E-state index in [0.29, 0.717) is 13.1 Å². The Labute approximate surface area is 75.2 Å². The van der Waals surface area contributed by atoms with E-state index in [9.17, 15) is 5.21 Å². The maximum absolute atomic E-state index is 11.8. The first-order valence-electron chi connectivity index (χ1n) is 3.82. The summed E-state index contributed by atoms with van der Waals surface area (Å²) in [7, 11) is 0. The summed E-state index contributed by atoms with van der Waals surface area (Å²) in [5, 5.41) is 14.9. The van der Waals surface area contributed by atoms with Crippen molar-refractivity contribution < 1.29 is 4.65 Å². The zero-order valence-corrected chi connectivity index (χ0v) is 7.75. The molecule has 2 rings (SSSR count). The number of hydrogen-bond donors (Lipinski definition) is 1. The van der Waals surface area contributed by atoms with Crippen LogP contribution < -0.4 is 5.32 Å². The summed E-state index contributed by atoms with van der Waals surface area (Å²) in [4.78, 5) is 0. The second-order valence-corrected chi connectivity index (χ2v) is 5.09. The molecule has 0 aromatic carbocycles. The van der Waals surface area contributed by atoms with Crippen LogP contribution in [0.4, 0.5) is 0 Å². The number of likely N-dealkylation sites (tertiary alicyclic amines) is 1. The van der Waals surface area contributed by atoms with Crippen molar-refractivity contribution in [2.45, 2.75) is 10.9 Å². The SMILES string of the molecule is [O-][N+]1(C2(Cl)NCCS2)CCC1. The highest BCUT2D eigenvalue weighted by Gasteiger charge is 2.50. The molecule has 2 aliphatic heterocycles. The first-order chi connectivity index (χ1) is 5.16. The minimum atomic E-state index is -0.752. The van der Waals surface area contributed by atoms with Crippen LogP contribution >= 0.6 is 23.4 Å². The maximum atomic E-state index is 11.8. The smallest absolute Gasteiger partial charge is 0.280 e. The van der Waals surface area contributed by atoms with E-state index in [0.717, 1.165) is 18.7 Å². The third-order valence-electron chi connectivity index (χ3n) is 2.30. The molecule has 5 heteroatoms. The topological polar surface area (TPSA) is 35.1 Å². The molecule has 2 heterocycles. The Morgan fingerprint density at radius 2 is 2.27 bits per heavy atom. The Kier molecular flexibility index (Phi) is 1.85. The second kappa shape index (κ2) is 2.50. The zero-order valence-electron chi connectivity index (χ0n) is 6.18. The fourth-order valence-corrected chi connectivity index (χ4v) is 3.03. The number of alkyl halides is 1. The van der Waals surface area contributed by atoms with Gasteiger partial charge in [0.25, 0.3) is 4.45 Å². The van der Waals surface area contributed by atoms with E-state index in [1.807, 2.05) is 0 Å². The molecule has 0 spiro atoms. The van der Waals surface area contributed by atoms with Gasteiger partial charge < -0.3 is 9.85 Å². The summed E-state index contributed by atoms with van der Waals surface area (Å²) in [6, 6.07) is 0. The Bertz CT molecular complexity index is 168. The van der Waals surface area contributed by atoms with Crippen molar-refractivity contribution in [1.82, 2.24) is 5.32 Å². The normalized spacial score (nSPS) is 42.0. The molecular weight excluding hydrogens is 184 g/mol. The standard InChI is InChI=1S/C6H11ClN2OS/c7-6(8-2-5-11-6)9(10)3-1-4-9/h8H,1-5H2.